The van der Waals surface area contributed by atoms with Crippen LogP contribution in [0.1, 0.15) is 66.5 Å². The molecule has 2 atom stereocenters. The number of carbonyl (C=O) groups is 4. The molecule has 274 valence electrons. The first-order chi connectivity index (χ1) is 25.6. The summed E-state index contributed by atoms with van der Waals surface area (Å²) in [6.45, 7) is 4.74. The molecule has 1 aliphatic heterocycles. The molecule has 5 rings (SSSR count). The van der Waals surface area contributed by atoms with E-state index in [1.165, 1.54) is 12.1 Å². The number of nitrogens with zero attached hydrogens (tertiary/aromatic N) is 1. The van der Waals surface area contributed by atoms with Gasteiger partial charge in [0, 0.05) is 0 Å². The summed E-state index contributed by atoms with van der Waals surface area (Å²) < 4.78 is 20.0. The highest BCUT2D eigenvalue weighted by molar-refractivity contribution is 8.00. The fraction of sp³-hybridized carbons (Fsp3) is 0.262. The molecule has 9 nitrogen and oxygen atoms in total. The molecule has 2 bridgehead atoms. The number of hydrogen-bond donors (Lipinski definition) is 3. The topological polar surface area (TPSA) is 126 Å². The van der Waals surface area contributed by atoms with Crippen molar-refractivity contribution in [2.75, 3.05) is 5.75 Å². The highest BCUT2D eigenvalue weighted by atomic mass is 32.2. The highest BCUT2D eigenvalue weighted by Crippen LogP contribution is 2.48. The Morgan fingerprint density at radius 1 is 0.868 bits per heavy atom. The van der Waals surface area contributed by atoms with E-state index in [4.69, 9.17) is 4.74 Å². The third kappa shape index (κ3) is 9.66. The summed E-state index contributed by atoms with van der Waals surface area (Å²) in [4.78, 5) is 56.9. The van der Waals surface area contributed by atoms with E-state index in [0.29, 0.717) is 12.2 Å². The van der Waals surface area contributed by atoms with E-state index in [2.05, 4.69) is 57.3 Å². The zero-order valence-corrected chi connectivity index (χ0v) is 30.7. The van der Waals surface area contributed by atoms with Crippen LogP contribution in [0.25, 0.3) is 0 Å². The van der Waals surface area contributed by atoms with Gasteiger partial charge in [-0.05, 0) is 59.9 Å². The van der Waals surface area contributed by atoms with Crippen molar-refractivity contribution in [2.24, 2.45) is 5.92 Å². The van der Waals surface area contributed by atoms with Gasteiger partial charge in [0.05, 0.1) is 23.4 Å². The van der Waals surface area contributed by atoms with Gasteiger partial charge in [0.2, 0.25) is 5.91 Å². The molecule has 0 fully saturated rings. The van der Waals surface area contributed by atoms with E-state index in [1.54, 1.807) is 38.6 Å². The molecule has 0 unspecified atom stereocenters. The third-order valence-corrected chi connectivity index (χ3v) is 10.3. The molecule has 53 heavy (non-hydrogen) atoms. The van der Waals surface area contributed by atoms with Gasteiger partial charge in [-0.2, -0.15) is 0 Å². The van der Waals surface area contributed by atoms with Crippen LogP contribution in [0.15, 0.2) is 127 Å². The average Bonchev–Trinajstić information content (AvgIpc) is 3.17. The van der Waals surface area contributed by atoms with Gasteiger partial charge in [0.25, 0.3) is 11.8 Å². The van der Waals surface area contributed by atoms with Gasteiger partial charge in [-0.25, -0.2) is 14.2 Å². The zero-order valence-electron chi connectivity index (χ0n) is 29.9. The molecule has 4 aromatic rings. The maximum atomic E-state index is 14.6. The second-order valence-electron chi connectivity index (χ2n) is 12.8. The number of hydrogen-bond acceptors (Lipinski definition) is 7. The number of halogens is 1. The van der Waals surface area contributed by atoms with E-state index in [-0.39, 0.29) is 30.1 Å². The number of benzene rings is 3. The summed E-state index contributed by atoms with van der Waals surface area (Å²) >= 11 is 1.78. The fourth-order valence-electron chi connectivity index (χ4n) is 6.00. The number of ether oxygens (including phenoxy) is 1. The fourth-order valence-corrected chi connectivity index (χ4v) is 7.47. The predicted octanol–water partition coefficient (Wildman–Crippen LogP) is 6.60. The number of cyclic esters (lactones) is 1. The molecule has 3 aromatic carbocycles. The molecular weight excluding hydrogens is 692 g/mol. The molecule has 0 radical (unpaired) electrons. The van der Waals surface area contributed by atoms with Crippen LogP contribution in [-0.2, 0) is 30.4 Å². The van der Waals surface area contributed by atoms with Gasteiger partial charge < -0.3 is 20.7 Å². The lowest BCUT2D eigenvalue weighted by atomic mass is 9.84. The van der Waals surface area contributed by atoms with Crippen molar-refractivity contribution in [2.45, 2.75) is 57.1 Å². The number of thioether (sulfide) groups is 1. The lowest BCUT2D eigenvalue weighted by Gasteiger charge is -2.35. The van der Waals surface area contributed by atoms with Crippen LogP contribution in [0, 0.1) is 11.7 Å². The number of esters is 1. The number of amides is 3. The van der Waals surface area contributed by atoms with Gasteiger partial charge >= 0.3 is 5.97 Å². The van der Waals surface area contributed by atoms with Crippen LogP contribution in [0.4, 0.5) is 4.39 Å². The summed E-state index contributed by atoms with van der Waals surface area (Å²) in [6, 6.07) is 32.2. The number of allylic oxidation sites excluding steroid dienone is 2. The standard InChI is InChI=1S/C42H43FN4O5S/c1-4-34-39(49)47-38(28(2)3)41(51)52-32(26-37(48)44-27-36-33(43)23-24-35(45-36)40(50)46-34)22-14-15-25-53-42(29-16-8-5-9-17-29,30-18-10-6-11-19-30)31-20-12-7-13-21-31/h4-14,16-24,28,32,38H,15,25-27H2,1-3H3,(H,44,48)(H,46,50)(H,47,49)/b22-14+,34-4-/t32-,38+/m1/s1. The van der Waals surface area contributed by atoms with Crippen molar-refractivity contribution < 1.29 is 28.3 Å². The first-order valence-electron chi connectivity index (χ1n) is 17.5. The first kappa shape index (κ1) is 38.7. The molecule has 1 aromatic heterocycles. The van der Waals surface area contributed by atoms with E-state index < -0.39 is 52.3 Å². The largest absolute Gasteiger partial charge is 0.456 e. The number of carbonyl (C=O) groups excluding carboxylic acids is 4. The lowest BCUT2D eigenvalue weighted by molar-refractivity contribution is -0.153. The predicted molar refractivity (Wildman–Crippen MR) is 204 cm³/mol. The number of rotatable bonds is 9. The van der Waals surface area contributed by atoms with Crippen molar-refractivity contribution in [3.05, 3.63) is 161 Å². The summed E-state index contributed by atoms with van der Waals surface area (Å²) in [5, 5.41) is 7.75. The number of nitrogens with one attached hydrogen (secondary N) is 3. The summed E-state index contributed by atoms with van der Waals surface area (Å²) in [5.41, 5.74) is 2.97. The Kier molecular flexibility index (Phi) is 13.3. The number of aromatic nitrogens is 1. The minimum Gasteiger partial charge on any atom is -0.456 e. The van der Waals surface area contributed by atoms with E-state index in [9.17, 15) is 23.6 Å². The SMILES string of the molecule is C/C=C1\NC(=O)c2ccc(F)c(n2)CNC(=O)C[C@@H](/C=C/CCSC(c2ccccc2)(c2ccccc2)c2ccccc2)OC(=O)[C@H](C(C)C)NC1=O. The van der Waals surface area contributed by atoms with Gasteiger partial charge in [0.15, 0.2) is 0 Å². The molecule has 1 aliphatic rings. The Bertz CT molecular complexity index is 1860. The second-order valence-corrected chi connectivity index (χ2v) is 14.1. The van der Waals surface area contributed by atoms with Crippen LogP contribution < -0.4 is 16.0 Å². The van der Waals surface area contributed by atoms with Crippen molar-refractivity contribution in [3.8, 4) is 0 Å². The van der Waals surface area contributed by atoms with Gasteiger partial charge in [-0.15, -0.1) is 11.8 Å². The molecule has 0 aliphatic carbocycles. The molecule has 0 saturated heterocycles. The van der Waals surface area contributed by atoms with Crippen molar-refractivity contribution in [1.29, 1.82) is 0 Å². The van der Waals surface area contributed by atoms with E-state index >= 15 is 0 Å². The Morgan fingerprint density at radius 2 is 1.45 bits per heavy atom. The molecular formula is C42H43FN4O5S. The number of pyridine rings is 1. The van der Waals surface area contributed by atoms with E-state index in [0.717, 1.165) is 22.8 Å². The number of fused-ring (bicyclic) bond motifs is 2. The van der Waals surface area contributed by atoms with Gasteiger partial charge in [-0.3, -0.25) is 14.4 Å². The lowest BCUT2D eigenvalue weighted by Crippen LogP contribution is -2.48. The average molecular weight is 735 g/mol. The van der Waals surface area contributed by atoms with Crippen LogP contribution in [0.3, 0.4) is 0 Å². The second kappa shape index (κ2) is 18.3. The summed E-state index contributed by atoms with van der Waals surface area (Å²) in [6.07, 6.45) is 4.25. The smallest absolute Gasteiger partial charge is 0.329 e. The molecule has 3 amide bonds. The Labute approximate surface area is 313 Å². The van der Waals surface area contributed by atoms with Crippen molar-refractivity contribution >= 4 is 35.5 Å². The molecule has 11 heteroatoms. The van der Waals surface area contributed by atoms with Crippen LogP contribution in [0.2, 0.25) is 0 Å². The van der Waals surface area contributed by atoms with Crippen LogP contribution >= 0.6 is 11.8 Å². The normalized spacial score (nSPS) is 18.4. The summed E-state index contributed by atoms with van der Waals surface area (Å²) in [7, 11) is 0. The van der Waals surface area contributed by atoms with E-state index in [1.807, 2.05) is 60.7 Å². The Morgan fingerprint density at radius 3 is 2.00 bits per heavy atom. The summed E-state index contributed by atoms with van der Waals surface area (Å²) in [5.74, 6) is -3.18. The van der Waals surface area contributed by atoms with Crippen molar-refractivity contribution in [3.63, 3.8) is 0 Å². The molecule has 2 heterocycles. The monoisotopic (exact) mass is 734 g/mol. The maximum absolute atomic E-state index is 14.6. The maximum Gasteiger partial charge on any atom is 0.329 e. The van der Waals surface area contributed by atoms with Crippen molar-refractivity contribution in [1.82, 2.24) is 20.9 Å². The molecule has 0 spiro atoms. The first-order valence-corrected chi connectivity index (χ1v) is 18.5. The Hall–Kier alpha value is -5.55. The van der Waals surface area contributed by atoms with Gasteiger partial charge in [0.1, 0.15) is 29.4 Å². The minimum atomic E-state index is -1.09. The quantitative estimate of drug-likeness (QED) is 0.0582. The van der Waals surface area contributed by atoms with Gasteiger partial charge in [-0.1, -0.05) is 117 Å². The minimum absolute atomic E-state index is 0.118. The van der Waals surface area contributed by atoms with Crippen LogP contribution in [0.5, 0.6) is 0 Å². The highest BCUT2D eigenvalue weighted by Gasteiger charge is 2.36. The van der Waals surface area contributed by atoms with Crippen LogP contribution in [-0.4, -0.2) is 46.6 Å². The molecule has 0 saturated carbocycles. The molecule has 3 N–H and O–H groups in total. The Balaban J connectivity index is 1.40. The third-order valence-electron chi connectivity index (χ3n) is 8.74. The zero-order chi connectivity index (χ0) is 37.8.